The van der Waals surface area contributed by atoms with Crippen molar-refractivity contribution < 1.29 is 0 Å². The number of hydrogen-bond donors (Lipinski definition) is 0. The summed E-state index contributed by atoms with van der Waals surface area (Å²) in [7, 11) is 2.05. The van der Waals surface area contributed by atoms with Gasteiger partial charge in [-0.05, 0) is 11.1 Å². The second kappa shape index (κ2) is 4.65. The van der Waals surface area contributed by atoms with Crippen LogP contribution in [0.15, 0.2) is 65.8 Å². The molecule has 2 aromatic rings. The summed E-state index contributed by atoms with van der Waals surface area (Å²) in [6, 6.07) is 21.3. The van der Waals surface area contributed by atoms with Crippen molar-refractivity contribution in [3.8, 4) is 0 Å². The van der Waals surface area contributed by atoms with Gasteiger partial charge in [0.15, 0.2) is 0 Å². The molecule has 3 rings (SSSR count). The predicted octanol–water partition coefficient (Wildman–Crippen LogP) is 3.47. The normalized spacial score (nSPS) is 18.8. The molecular formula is C16H16N2. The van der Waals surface area contributed by atoms with E-state index in [2.05, 4.69) is 64.7 Å². The first-order valence-electron chi connectivity index (χ1n) is 6.25. The van der Waals surface area contributed by atoms with Crippen LogP contribution in [-0.4, -0.2) is 17.8 Å². The smallest absolute Gasteiger partial charge is 0.0773 e. The van der Waals surface area contributed by atoms with E-state index >= 15 is 0 Å². The molecule has 2 heteroatoms. The third-order valence-corrected chi connectivity index (χ3v) is 3.41. The number of benzene rings is 2. The Bertz CT molecular complexity index is 546. The summed E-state index contributed by atoms with van der Waals surface area (Å²) in [5.41, 5.74) is 3.73. The minimum atomic E-state index is 0.362. The highest BCUT2D eigenvalue weighted by molar-refractivity contribution is 6.01. The Morgan fingerprint density at radius 3 is 2.22 bits per heavy atom. The van der Waals surface area contributed by atoms with Gasteiger partial charge >= 0.3 is 0 Å². The highest BCUT2D eigenvalue weighted by Gasteiger charge is 2.25. The second-order valence-electron chi connectivity index (χ2n) is 4.62. The highest BCUT2D eigenvalue weighted by atomic mass is 15.5. The second-order valence-corrected chi connectivity index (χ2v) is 4.62. The van der Waals surface area contributed by atoms with Gasteiger partial charge in [-0.25, -0.2) is 0 Å². The fourth-order valence-electron chi connectivity index (χ4n) is 2.43. The lowest BCUT2D eigenvalue weighted by Gasteiger charge is -2.18. The quantitative estimate of drug-likeness (QED) is 0.779. The SMILES string of the molecule is CN1N=C(c2ccccc2)C[C@H]1c1ccccc1. The van der Waals surface area contributed by atoms with E-state index in [-0.39, 0.29) is 0 Å². The van der Waals surface area contributed by atoms with Gasteiger partial charge in [0.2, 0.25) is 0 Å². The number of rotatable bonds is 2. The van der Waals surface area contributed by atoms with Crippen molar-refractivity contribution >= 4 is 5.71 Å². The van der Waals surface area contributed by atoms with E-state index in [1.165, 1.54) is 16.8 Å². The summed E-state index contributed by atoms with van der Waals surface area (Å²) in [5.74, 6) is 0. The first-order chi connectivity index (χ1) is 8.84. The van der Waals surface area contributed by atoms with E-state index in [0.29, 0.717) is 6.04 Å². The van der Waals surface area contributed by atoms with Crippen LogP contribution < -0.4 is 0 Å². The molecule has 0 unspecified atom stereocenters. The first kappa shape index (κ1) is 11.0. The Morgan fingerprint density at radius 1 is 0.944 bits per heavy atom. The average Bonchev–Trinajstić information content (AvgIpc) is 2.83. The molecule has 0 bridgehead atoms. The number of nitrogens with zero attached hydrogens (tertiary/aromatic N) is 2. The van der Waals surface area contributed by atoms with Crippen molar-refractivity contribution in [3.05, 3.63) is 71.8 Å². The molecular weight excluding hydrogens is 220 g/mol. The summed E-state index contributed by atoms with van der Waals surface area (Å²) >= 11 is 0. The van der Waals surface area contributed by atoms with Gasteiger partial charge in [0.05, 0.1) is 11.8 Å². The van der Waals surface area contributed by atoms with Gasteiger partial charge < -0.3 is 0 Å². The monoisotopic (exact) mass is 236 g/mol. The molecule has 90 valence electrons. The van der Waals surface area contributed by atoms with Crippen molar-refractivity contribution in [2.24, 2.45) is 5.10 Å². The maximum absolute atomic E-state index is 4.67. The fraction of sp³-hybridized carbons (Fsp3) is 0.188. The molecule has 2 nitrogen and oxygen atoms in total. The zero-order chi connectivity index (χ0) is 12.4. The van der Waals surface area contributed by atoms with E-state index < -0.39 is 0 Å². The molecule has 1 aliphatic rings. The van der Waals surface area contributed by atoms with E-state index in [4.69, 9.17) is 0 Å². The summed E-state index contributed by atoms with van der Waals surface area (Å²) < 4.78 is 0. The molecule has 0 N–H and O–H groups in total. The molecule has 0 amide bonds. The lowest BCUT2D eigenvalue weighted by molar-refractivity contribution is 0.290. The Kier molecular flexibility index (Phi) is 2.85. The lowest BCUT2D eigenvalue weighted by atomic mass is 9.99. The van der Waals surface area contributed by atoms with E-state index in [1.807, 2.05) is 13.1 Å². The van der Waals surface area contributed by atoms with Crippen LogP contribution in [0.1, 0.15) is 23.6 Å². The summed E-state index contributed by atoms with van der Waals surface area (Å²) in [6.45, 7) is 0. The van der Waals surface area contributed by atoms with Crippen LogP contribution in [-0.2, 0) is 0 Å². The fourth-order valence-corrected chi connectivity index (χ4v) is 2.43. The third-order valence-electron chi connectivity index (χ3n) is 3.41. The molecule has 0 aromatic heterocycles. The Labute approximate surface area is 108 Å². The molecule has 2 aromatic carbocycles. The third kappa shape index (κ3) is 2.02. The molecule has 0 radical (unpaired) electrons. The van der Waals surface area contributed by atoms with Crippen molar-refractivity contribution in [2.75, 3.05) is 7.05 Å². The van der Waals surface area contributed by atoms with E-state index in [1.54, 1.807) is 0 Å². The maximum atomic E-state index is 4.67. The zero-order valence-corrected chi connectivity index (χ0v) is 10.5. The van der Waals surface area contributed by atoms with Gasteiger partial charge in [0.1, 0.15) is 0 Å². The predicted molar refractivity (Wildman–Crippen MR) is 74.5 cm³/mol. The molecule has 1 aliphatic heterocycles. The van der Waals surface area contributed by atoms with Crippen LogP contribution in [0.4, 0.5) is 0 Å². The van der Waals surface area contributed by atoms with Crippen LogP contribution in [0.5, 0.6) is 0 Å². The topological polar surface area (TPSA) is 15.6 Å². The molecule has 0 aliphatic carbocycles. The van der Waals surface area contributed by atoms with Crippen molar-refractivity contribution in [2.45, 2.75) is 12.5 Å². The van der Waals surface area contributed by atoms with Crippen LogP contribution >= 0.6 is 0 Å². The molecule has 0 saturated carbocycles. The summed E-state index contributed by atoms with van der Waals surface area (Å²) in [5, 5.41) is 6.73. The standard InChI is InChI=1S/C16H16N2/c1-18-16(14-10-6-3-7-11-14)12-15(17-18)13-8-4-2-5-9-13/h2-11,16H,12H2,1H3/t16-/m0/s1. The van der Waals surface area contributed by atoms with Crippen LogP contribution in [0.25, 0.3) is 0 Å². The minimum absolute atomic E-state index is 0.362. The molecule has 18 heavy (non-hydrogen) atoms. The first-order valence-corrected chi connectivity index (χ1v) is 6.25. The largest absolute Gasteiger partial charge is 0.292 e. The molecule has 0 saturated heterocycles. The van der Waals surface area contributed by atoms with Gasteiger partial charge in [0.25, 0.3) is 0 Å². The highest BCUT2D eigenvalue weighted by Crippen LogP contribution is 2.30. The Hall–Kier alpha value is -2.09. The van der Waals surface area contributed by atoms with Crippen LogP contribution in [0.3, 0.4) is 0 Å². The average molecular weight is 236 g/mol. The number of hydrogen-bond acceptors (Lipinski definition) is 2. The maximum Gasteiger partial charge on any atom is 0.0773 e. The molecule has 1 atom stereocenters. The van der Waals surface area contributed by atoms with Gasteiger partial charge in [-0.1, -0.05) is 60.7 Å². The van der Waals surface area contributed by atoms with Crippen LogP contribution in [0.2, 0.25) is 0 Å². The van der Waals surface area contributed by atoms with Gasteiger partial charge in [-0.15, -0.1) is 0 Å². The zero-order valence-electron chi connectivity index (χ0n) is 10.5. The summed E-state index contributed by atoms with van der Waals surface area (Å²) in [4.78, 5) is 0. The Morgan fingerprint density at radius 2 is 1.56 bits per heavy atom. The van der Waals surface area contributed by atoms with Crippen molar-refractivity contribution in [1.82, 2.24) is 5.01 Å². The molecule has 0 spiro atoms. The molecule has 0 fully saturated rings. The lowest BCUT2D eigenvalue weighted by Crippen LogP contribution is -2.13. The van der Waals surface area contributed by atoms with E-state index in [0.717, 1.165) is 6.42 Å². The van der Waals surface area contributed by atoms with E-state index in [9.17, 15) is 0 Å². The van der Waals surface area contributed by atoms with Gasteiger partial charge in [-0.3, -0.25) is 5.01 Å². The van der Waals surface area contributed by atoms with Gasteiger partial charge in [-0.2, -0.15) is 5.10 Å². The van der Waals surface area contributed by atoms with Crippen LogP contribution in [0, 0.1) is 0 Å². The van der Waals surface area contributed by atoms with Gasteiger partial charge in [0, 0.05) is 13.5 Å². The van der Waals surface area contributed by atoms with Crippen molar-refractivity contribution in [1.29, 1.82) is 0 Å². The summed E-state index contributed by atoms with van der Waals surface area (Å²) in [6.07, 6.45) is 0.977. The van der Waals surface area contributed by atoms with Crippen molar-refractivity contribution in [3.63, 3.8) is 0 Å². The Balaban J connectivity index is 1.85. The molecule has 1 heterocycles. The number of hydrazone groups is 1. The minimum Gasteiger partial charge on any atom is -0.292 e.